The fraction of sp³-hybridized carbons (Fsp3) is 0.375. The van der Waals surface area contributed by atoms with Crippen molar-refractivity contribution in [1.82, 2.24) is 10.6 Å². The van der Waals surface area contributed by atoms with Crippen LogP contribution in [0, 0.1) is 23.4 Å². The van der Waals surface area contributed by atoms with E-state index in [9.17, 15) is 22.8 Å². The van der Waals surface area contributed by atoms with Gasteiger partial charge in [0.2, 0.25) is 11.9 Å². The predicted octanol–water partition coefficient (Wildman–Crippen LogP) is 4.79. The van der Waals surface area contributed by atoms with Crippen LogP contribution in [0.2, 0.25) is 5.02 Å². The Kier molecular flexibility index (Phi) is 7.41. The summed E-state index contributed by atoms with van der Waals surface area (Å²) in [5, 5.41) is 8.64. The average Bonchev–Trinajstić information content (AvgIpc) is 3.62. The Balaban J connectivity index is 1.47. The molecule has 0 spiro atoms. The summed E-state index contributed by atoms with van der Waals surface area (Å²) in [5.74, 6) is -3.22. The van der Waals surface area contributed by atoms with E-state index in [0.29, 0.717) is 12.8 Å². The Labute approximate surface area is 200 Å². The molecule has 2 aliphatic carbocycles. The average molecular weight is 493 g/mol. The lowest BCUT2D eigenvalue weighted by Crippen LogP contribution is -2.40. The SMILES string of the molecule is O=C(NC(=NC1CCC(NC(=O)C2CC2)CC1)Nc1cc(F)cc(Cl)c1)c1ccc(F)c(F)c1. The quantitative estimate of drug-likeness (QED) is 0.414. The Bertz CT molecular complexity index is 1100. The number of guanidine groups is 1. The summed E-state index contributed by atoms with van der Waals surface area (Å²) < 4.78 is 40.6. The molecule has 0 heterocycles. The first-order valence-electron chi connectivity index (χ1n) is 11.1. The van der Waals surface area contributed by atoms with Crippen LogP contribution in [0.3, 0.4) is 0 Å². The Morgan fingerprint density at radius 1 is 0.912 bits per heavy atom. The number of benzene rings is 2. The van der Waals surface area contributed by atoms with Gasteiger partial charge in [0.1, 0.15) is 5.82 Å². The molecule has 2 fully saturated rings. The van der Waals surface area contributed by atoms with Crippen LogP contribution in [0.15, 0.2) is 41.4 Å². The molecule has 6 nitrogen and oxygen atoms in total. The summed E-state index contributed by atoms with van der Waals surface area (Å²) in [4.78, 5) is 29.2. The maximum Gasteiger partial charge on any atom is 0.258 e. The molecule has 2 saturated carbocycles. The van der Waals surface area contributed by atoms with Crippen LogP contribution in [-0.2, 0) is 4.79 Å². The maximum atomic E-state index is 13.8. The molecule has 0 aliphatic heterocycles. The Morgan fingerprint density at radius 3 is 2.29 bits per heavy atom. The molecular formula is C24H24ClF3N4O2. The molecule has 2 aromatic carbocycles. The molecule has 2 aromatic rings. The van der Waals surface area contributed by atoms with E-state index in [2.05, 4.69) is 20.9 Å². The zero-order valence-corrected chi connectivity index (χ0v) is 19.0. The molecule has 180 valence electrons. The highest BCUT2D eigenvalue weighted by atomic mass is 35.5. The number of aliphatic imine (C=N–C) groups is 1. The number of rotatable bonds is 5. The van der Waals surface area contributed by atoms with Crippen molar-refractivity contribution < 1.29 is 22.8 Å². The van der Waals surface area contributed by atoms with Gasteiger partial charge in [-0.15, -0.1) is 0 Å². The predicted molar refractivity (Wildman–Crippen MR) is 123 cm³/mol. The summed E-state index contributed by atoms with van der Waals surface area (Å²) in [7, 11) is 0. The summed E-state index contributed by atoms with van der Waals surface area (Å²) in [6.45, 7) is 0. The lowest BCUT2D eigenvalue weighted by Gasteiger charge is -2.27. The topological polar surface area (TPSA) is 82.6 Å². The molecule has 0 radical (unpaired) electrons. The fourth-order valence-electron chi connectivity index (χ4n) is 3.87. The van der Waals surface area contributed by atoms with Gasteiger partial charge < -0.3 is 10.6 Å². The van der Waals surface area contributed by atoms with Crippen LogP contribution in [-0.4, -0.2) is 29.9 Å². The smallest absolute Gasteiger partial charge is 0.258 e. The van der Waals surface area contributed by atoms with Crippen molar-refractivity contribution in [3.8, 4) is 0 Å². The molecule has 0 aromatic heterocycles. The van der Waals surface area contributed by atoms with Gasteiger partial charge in [-0.2, -0.15) is 0 Å². The fourth-order valence-corrected chi connectivity index (χ4v) is 4.09. The van der Waals surface area contributed by atoms with Gasteiger partial charge in [0.15, 0.2) is 11.6 Å². The van der Waals surface area contributed by atoms with Crippen molar-refractivity contribution in [1.29, 1.82) is 0 Å². The second-order valence-electron chi connectivity index (χ2n) is 8.63. The lowest BCUT2D eigenvalue weighted by atomic mass is 9.91. The number of hydrogen-bond donors (Lipinski definition) is 3. The number of nitrogens with zero attached hydrogens (tertiary/aromatic N) is 1. The molecular weight excluding hydrogens is 469 g/mol. The Morgan fingerprint density at radius 2 is 1.65 bits per heavy atom. The summed E-state index contributed by atoms with van der Waals surface area (Å²) in [6, 6.07) is 6.52. The number of anilines is 1. The van der Waals surface area contributed by atoms with E-state index in [1.54, 1.807) is 0 Å². The number of nitrogens with one attached hydrogen (secondary N) is 3. The molecule has 0 atom stereocenters. The summed E-state index contributed by atoms with van der Waals surface area (Å²) >= 11 is 5.92. The van der Waals surface area contributed by atoms with Gasteiger partial charge in [-0.3, -0.25) is 14.9 Å². The minimum atomic E-state index is -1.15. The molecule has 4 rings (SSSR count). The van der Waals surface area contributed by atoms with Crippen molar-refractivity contribution in [2.75, 3.05) is 5.32 Å². The van der Waals surface area contributed by atoms with Crippen molar-refractivity contribution in [3.05, 3.63) is 64.4 Å². The lowest BCUT2D eigenvalue weighted by molar-refractivity contribution is -0.123. The van der Waals surface area contributed by atoms with E-state index >= 15 is 0 Å². The van der Waals surface area contributed by atoms with Crippen molar-refractivity contribution in [2.45, 2.75) is 50.6 Å². The summed E-state index contributed by atoms with van der Waals surface area (Å²) in [6.07, 6.45) is 4.72. The molecule has 0 saturated heterocycles. The van der Waals surface area contributed by atoms with E-state index in [1.807, 2.05) is 0 Å². The van der Waals surface area contributed by atoms with E-state index in [0.717, 1.165) is 49.9 Å². The van der Waals surface area contributed by atoms with Crippen LogP contribution >= 0.6 is 11.6 Å². The van der Waals surface area contributed by atoms with E-state index in [-0.39, 0.29) is 46.1 Å². The maximum absolute atomic E-state index is 13.8. The van der Waals surface area contributed by atoms with Crippen LogP contribution in [0.25, 0.3) is 0 Å². The highest BCUT2D eigenvalue weighted by Crippen LogP contribution is 2.30. The molecule has 34 heavy (non-hydrogen) atoms. The van der Waals surface area contributed by atoms with Crippen LogP contribution in [0.4, 0.5) is 18.9 Å². The molecule has 3 N–H and O–H groups in total. The molecule has 0 unspecified atom stereocenters. The van der Waals surface area contributed by atoms with Crippen molar-refractivity contribution in [3.63, 3.8) is 0 Å². The molecule has 2 amide bonds. The Hall–Kier alpha value is -3.07. The second kappa shape index (κ2) is 10.5. The van der Waals surface area contributed by atoms with Crippen LogP contribution in [0.1, 0.15) is 48.9 Å². The van der Waals surface area contributed by atoms with Crippen LogP contribution < -0.4 is 16.0 Å². The van der Waals surface area contributed by atoms with Crippen molar-refractivity contribution in [2.24, 2.45) is 10.9 Å². The largest absolute Gasteiger partial charge is 0.353 e. The van der Waals surface area contributed by atoms with Gasteiger partial charge in [0.25, 0.3) is 5.91 Å². The number of carbonyl (C=O) groups is 2. The molecule has 2 aliphatic rings. The third-order valence-electron chi connectivity index (χ3n) is 5.84. The number of carbonyl (C=O) groups excluding carboxylic acids is 2. The van der Waals surface area contributed by atoms with Gasteiger partial charge in [0.05, 0.1) is 6.04 Å². The standard InChI is InChI=1S/C24H24ClF3N4O2/c25-15-10-16(26)12-19(11-15)31-24(32-23(34)14-3-8-20(27)21(28)9-14)30-18-6-4-17(5-7-18)29-22(33)13-1-2-13/h3,8-13,17-18H,1-2,4-7H2,(H,29,33)(H2,30,31,32,34). The van der Waals surface area contributed by atoms with Gasteiger partial charge in [-0.25, -0.2) is 18.2 Å². The number of amides is 2. The summed E-state index contributed by atoms with van der Waals surface area (Å²) in [5.41, 5.74) is 0.164. The first-order valence-corrected chi connectivity index (χ1v) is 11.5. The van der Waals surface area contributed by atoms with E-state index < -0.39 is 23.4 Å². The number of halogens is 4. The zero-order valence-electron chi connectivity index (χ0n) is 18.2. The van der Waals surface area contributed by atoms with Gasteiger partial charge >= 0.3 is 0 Å². The minimum Gasteiger partial charge on any atom is -0.353 e. The monoisotopic (exact) mass is 492 g/mol. The third-order valence-corrected chi connectivity index (χ3v) is 6.06. The van der Waals surface area contributed by atoms with Gasteiger partial charge in [-0.1, -0.05) is 11.6 Å². The minimum absolute atomic E-state index is 0.0295. The highest BCUT2D eigenvalue weighted by Gasteiger charge is 2.32. The molecule has 10 heteroatoms. The highest BCUT2D eigenvalue weighted by molar-refractivity contribution is 6.31. The second-order valence-corrected chi connectivity index (χ2v) is 9.07. The normalized spacial score (nSPS) is 20.5. The van der Waals surface area contributed by atoms with E-state index in [4.69, 9.17) is 11.6 Å². The third kappa shape index (κ3) is 6.50. The van der Waals surface area contributed by atoms with Crippen molar-refractivity contribution >= 4 is 35.1 Å². The van der Waals surface area contributed by atoms with Crippen LogP contribution in [0.5, 0.6) is 0 Å². The zero-order chi connectivity index (χ0) is 24.2. The van der Waals surface area contributed by atoms with Gasteiger partial charge in [-0.05, 0) is 74.9 Å². The van der Waals surface area contributed by atoms with E-state index in [1.165, 1.54) is 12.1 Å². The first kappa shape index (κ1) is 24.1. The molecule has 0 bridgehead atoms. The number of hydrogen-bond acceptors (Lipinski definition) is 3. The first-order chi connectivity index (χ1) is 16.3. The van der Waals surface area contributed by atoms with Gasteiger partial charge in [0, 0.05) is 28.2 Å².